The molecule has 0 bridgehead atoms. The van der Waals surface area contributed by atoms with E-state index < -0.39 is 11.9 Å². The maximum absolute atomic E-state index is 12.1. The molecule has 1 atom stereocenters. The summed E-state index contributed by atoms with van der Waals surface area (Å²) in [5, 5.41) is 9.05. The molecule has 2 aromatic heterocycles. The van der Waals surface area contributed by atoms with Crippen molar-refractivity contribution < 1.29 is 4.79 Å². The topological polar surface area (TPSA) is 98.7 Å². The summed E-state index contributed by atoms with van der Waals surface area (Å²) in [4.78, 5) is 20.8. The summed E-state index contributed by atoms with van der Waals surface area (Å²) < 4.78 is 1.69. The molecule has 0 spiro atoms. The smallest absolute Gasteiger partial charge is 0.248 e. The minimum absolute atomic E-state index is 0.450. The number of amides is 1. The van der Waals surface area contributed by atoms with Crippen LogP contribution in [0.4, 0.5) is 5.95 Å². The first kappa shape index (κ1) is 18.5. The molecule has 9 heteroatoms. The van der Waals surface area contributed by atoms with Crippen LogP contribution in [0.1, 0.15) is 24.1 Å². The minimum Gasteiger partial charge on any atom is -0.366 e. The number of aromatic nitrogens is 4. The van der Waals surface area contributed by atoms with E-state index in [4.69, 9.17) is 17.3 Å². The van der Waals surface area contributed by atoms with Crippen LogP contribution in [0.5, 0.6) is 0 Å². The largest absolute Gasteiger partial charge is 0.366 e. The number of fused-ring (bicyclic) bond motifs is 1. The highest BCUT2D eigenvalue weighted by Crippen LogP contribution is 2.36. The Morgan fingerprint density at radius 1 is 1.29 bits per heavy atom. The summed E-state index contributed by atoms with van der Waals surface area (Å²) >= 11 is 7.71. The first-order valence-electron chi connectivity index (χ1n) is 8.55. The number of nitrogens with zero attached hydrogens (tertiary/aromatic N) is 4. The summed E-state index contributed by atoms with van der Waals surface area (Å²) in [6, 6.07) is 10.9. The molecule has 142 valence electrons. The van der Waals surface area contributed by atoms with Crippen LogP contribution in [0.2, 0.25) is 5.02 Å². The van der Waals surface area contributed by atoms with Gasteiger partial charge in [-0.2, -0.15) is 4.98 Å². The van der Waals surface area contributed by atoms with Gasteiger partial charge in [-0.3, -0.25) is 9.78 Å². The van der Waals surface area contributed by atoms with Crippen LogP contribution in [0.3, 0.4) is 0 Å². The fourth-order valence-electron chi connectivity index (χ4n) is 3.12. The number of halogens is 1. The van der Waals surface area contributed by atoms with Crippen molar-refractivity contribution >= 4 is 35.2 Å². The van der Waals surface area contributed by atoms with Gasteiger partial charge in [0.15, 0.2) is 0 Å². The highest BCUT2D eigenvalue weighted by molar-refractivity contribution is 7.98. The number of allylic oxidation sites excluding steroid dienone is 1. The minimum atomic E-state index is -0.502. The summed E-state index contributed by atoms with van der Waals surface area (Å²) in [5.41, 5.74) is 8.65. The highest BCUT2D eigenvalue weighted by atomic mass is 35.5. The quantitative estimate of drug-likeness (QED) is 0.623. The van der Waals surface area contributed by atoms with Crippen molar-refractivity contribution in [2.45, 2.75) is 23.9 Å². The lowest BCUT2D eigenvalue weighted by molar-refractivity contribution is -0.115. The molecule has 0 radical (unpaired) electrons. The average molecular weight is 413 g/mol. The van der Waals surface area contributed by atoms with Gasteiger partial charge in [0.1, 0.15) is 6.04 Å². The Kier molecular flexibility index (Phi) is 5.06. The summed E-state index contributed by atoms with van der Waals surface area (Å²) in [7, 11) is 0. The Morgan fingerprint density at radius 3 is 2.75 bits per heavy atom. The van der Waals surface area contributed by atoms with Crippen molar-refractivity contribution in [1.29, 1.82) is 0 Å². The second-order valence-electron chi connectivity index (χ2n) is 6.25. The van der Waals surface area contributed by atoms with Gasteiger partial charge < -0.3 is 11.1 Å². The maximum Gasteiger partial charge on any atom is 0.248 e. The van der Waals surface area contributed by atoms with Gasteiger partial charge in [-0.15, -0.1) is 5.10 Å². The van der Waals surface area contributed by atoms with Crippen LogP contribution in [-0.2, 0) is 10.5 Å². The standard InChI is InChI=1S/C19H17ClN6OS/c1-11-15(17(21)27)16(12-6-8-22-9-7-12)26-18(23-11)24-19(25-26)28-10-13-4-2-3-5-14(13)20/h2-9,16H,10H2,1H3,(H2,21,27)(H,23,24,25). The molecule has 1 amide bonds. The molecular formula is C19H17ClN6OS. The lowest BCUT2D eigenvalue weighted by Crippen LogP contribution is -2.31. The zero-order valence-electron chi connectivity index (χ0n) is 15.0. The number of carbonyl (C=O) groups excluding carboxylic acids is 1. The second kappa shape index (κ2) is 7.65. The molecule has 0 fully saturated rings. The van der Waals surface area contributed by atoms with Crippen molar-refractivity contribution in [3.05, 3.63) is 76.2 Å². The van der Waals surface area contributed by atoms with Gasteiger partial charge in [-0.25, -0.2) is 4.68 Å². The van der Waals surface area contributed by atoms with Crippen molar-refractivity contribution in [3.8, 4) is 0 Å². The van der Waals surface area contributed by atoms with Crippen molar-refractivity contribution in [3.63, 3.8) is 0 Å². The molecular weight excluding hydrogens is 396 g/mol. The van der Waals surface area contributed by atoms with E-state index in [1.807, 2.05) is 43.3 Å². The van der Waals surface area contributed by atoms with Crippen LogP contribution >= 0.6 is 23.4 Å². The van der Waals surface area contributed by atoms with Crippen LogP contribution in [0.15, 0.2) is 65.2 Å². The Labute approximate surface area is 171 Å². The highest BCUT2D eigenvalue weighted by Gasteiger charge is 2.33. The number of hydrogen-bond donors (Lipinski definition) is 2. The number of carbonyl (C=O) groups is 1. The Balaban J connectivity index is 1.68. The monoisotopic (exact) mass is 412 g/mol. The summed E-state index contributed by atoms with van der Waals surface area (Å²) in [5.74, 6) is 0.696. The Bertz CT molecular complexity index is 1070. The molecule has 0 aliphatic carbocycles. The molecule has 3 N–H and O–H groups in total. The molecule has 1 aliphatic rings. The van der Waals surface area contributed by atoms with Gasteiger partial charge in [0.25, 0.3) is 0 Å². The van der Waals surface area contributed by atoms with E-state index in [-0.39, 0.29) is 0 Å². The van der Waals surface area contributed by atoms with Gasteiger partial charge in [0, 0.05) is 28.9 Å². The van der Waals surface area contributed by atoms with Gasteiger partial charge in [0.2, 0.25) is 17.0 Å². The Morgan fingerprint density at radius 2 is 2.04 bits per heavy atom. The van der Waals surface area contributed by atoms with Crippen LogP contribution < -0.4 is 11.1 Å². The van der Waals surface area contributed by atoms with Crippen molar-refractivity contribution in [2.24, 2.45) is 5.73 Å². The summed E-state index contributed by atoms with van der Waals surface area (Å²) in [6.45, 7) is 1.81. The molecule has 1 aliphatic heterocycles. The van der Waals surface area contributed by atoms with Gasteiger partial charge in [-0.1, -0.05) is 41.6 Å². The molecule has 0 saturated carbocycles. The number of pyridine rings is 1. The molecule has 0 saturated heterocycles. The zero-order valence-corrected chi connectivity index (χ0v) is 16.5. The second-order valence-corrected chi connectivity index (χ2v) is 7.60. The van der Waals surface area contributed by atoms with Crippen LogP contribution in [0.25, 0.3) is 0 Å². The number of hydrogen-bond acceptors (Lipinski definition) is 6. The van der Waals surface area contributed by atoms with E-state index in [1.165, 1.54) is 11.8 Å². The van der Waals surface area contributed by atoms with Gasteiger partial charge >= 0.3 is 0 Å². The zero-order chi connectivity index (χ0) is 19.7. The third-order valence-corrected chi connectivity index (χ3v) is 5.69. The summed E-state index contributed by atoms with van der Waals surface area (Å²) in [6.07, 6.45) is 3.35. The van der Waals surface area contributed by atoms with Crippen LogP contribution in [-0.4, -0.2) is 25.7 Å². The van der Waals surface area contributed by atoms with E-state index in [2.05, 4.69) is 20.4 Å². The van der Waals surface area contributed by atoms with E-state index in [0.717, 1.165) is 11.1 Å². The number of thioether (sulfide) groups is 1. The molecule has 28 heavy (non-hydrogen) atoms. The normalized spacial score (nSPS) is 15.9. The molecule has 3 aromatic rings. The number of nitrogens with one attached hydrogen (secondary N) is 1. The molecule has 1 unspecified atom stereocenters. The molecule has 7 nitrogen and oxygen atoms in total. The molecule has 4 rings (SSSR count). The van der Waals surface area contributed by atoms with E-state index in [9.17, 15) is 4.79 Å². The number of rotatable bonds is 5. The van der Waals surface area contributed by atoms with E-state index >= 15 is 0 Å². The number of benzene rings is 1. The predicted molar refractivity (Wildman–Crippen MR) is 109 cm³/mol. The first-order valence-corrected chi connectivity index (χ1v) is 9.91. The van der Waals surface area contributed by atoms with Crippen molar-refractivity contribution in [1.82, 2.24) is 19.7 Å². The third kappa shape index (κ3) is 3.48. The first-order chi connectivity index (χ1) is 13.5. The Hall–Kier alpha value is -2.84. The fraction of sp³-hybridized carbons (Fsp3) is 0.158. The average Bonchev–Trinajstić information content (AvgIpc) is 3.09. The van der Waals surface area contributed by atoms with E-state index in [1.54, 1.807) is 17.1 Å². The van der Waals surface area contributed by atoms with Crippen molar-refractivity contribution in [2.75, 3.05) is 5.32 Å². The maximum atomic E-state index is 12.1. The molecule has 1 aromatic carbocycles. The van der Waals surface area contributed by atoms with Crippen LogP contribution in [0, 0.1) is 0 Å². The molecule has 3 heterocycles. The predicted octanol–water partition coefficient (Wildman–Crippen LogP) is 3.39. The van der Waals surface area contributed by atoms with Gasteiger partial charge in [-0.05, 0) is 36.2 Å². The lowest BCUT2D eigenvalue weighted by Gasteiger charge is -2.27. The van der Waals surface area contributed by atoms with Gasteiger partial charge in [0.05, 0.1) is 5.57 Å². The number of anilines is 1. The fourth-order valence-corrected chi connectivity index (χ4v) is 4.24. The lowest BCUT2D eigenvalue weighted by atomic mass is 9.96. The van der Waals surface area contributed by atoms with E-state index in [0.29, 0.717) is 33.2 Å². The number of nitrogens with two attached hydrogens (primary N) is 1. The third-order valence-electron chi connectivity index (χ3n) is 4.44. The number of primary amides is 1. The SMILES string of the molecule is CC1=C(C(N)=O)C(c2ccncc2)n2nc(SCc3ccccc3Cl)nc2N1.